The van der Waals surface area contributed by atoms with Crippen LogP contribution in [0.25, 0.3) is 0 Å². The Morgan fingerprint density at radius 2 is 2.06 bits per heavy atom. The fraction of sp³-hybridized carbons (Fsp3) is 1.00. The van der Waals surface area contributed by atoms with Crippen molar-refractivity contribution in [2.24, 2.45) is 5.92 Å². The normalized spacial score (nSPS) is 23.8. The maximum absolute atomic E-state index is 3.58. The molecule has 0 saturated carbocycles. The minimum atomic E-state index is 0.719. The van der Waals surface area contributed by atoms with Gasteiger partial charge in [-0.2, -0.15) is 0 Å². The summed E-state index contributed by atoms with van der Waals surface area (Å²) in [6, 6.07) is 1.45. The summed E-state index contributed by atoms with van der Waals surface area (Å²) >= 11 is 0. The van der Waals surface area contributed by atoms with E-state index >= 15 is 0 Å². The molecule has 102 valence electrons. The summed E-state index contributed by atoms with van der Waals surface area (Å²) in [4.78, 5) is 5.01. The van der Waals surface area contributed by atoms with Crippen LogP contribution in [0.15, 0.2) is 0 Å². The zero-order valence-electron chi connectivity index (χ0n) is 12.4. The van der Waals surface area contributed by atoms with Crippen LogP contribution >= 0.6 is 0 Å². The van der Waals surface area contributed by atoms with Crippen molar-refractivity contribution in [3.63, 3.8) is 0 Å². The average Bonchev–Trinajstić information content (AvgIpc) is 2.64. The molecule has 1 saturated heterocycles. The molecule has 0 spiro atoms. The second-order valence-electron chi connectivity index (χ2n) is 6.08. The number of likely N-dealkylation sites (tertiary alicyclic amines) is 1. The first-order valence-corrected chi connectivity index (χ1v) is 7.15. The van der Waals surface area contributed by atoms with Crippen LogP contribution in [0.5, 0.6) is 0 Å². The molecule has 0 amide bonds. The molecule has 0 radical (unpaired) electrons. The molecule has 17 heavy (non-hydrogen) atoms. The quantitative estimate of drug-likeness (QED) is 0.731. The van der Waals surface area contributed by atoms with E-state index in [0.29, 0.717) is 0 Å². The smallest absolute Gasteiger partial charge is 0.0226 e. The molecule has 1 N–H and O–H groups in total. The van der Waals surface area contributed by atoms with E-state index < -0.39 is 0 Å². The van der Waals surface area contributed by atoms with E-state index in [0.717, 1.165) is 24.5 Å². The molecule has 0 aromatic carbocycles. The number of nitrogens with one attached hydrogen (secondary N) is 1. The highest BCUT2D eigenvalue weighted by Gasteiger charge is 2.28. The molecule has 0 aromatic heterocycles. The molecule has 1 rings (SSSR count). The van der Waals surface area contributed by atoms with E-state index in [2.05, 4.69) is 50.0 Å². The van der Waals surface area contributed by atoms with E-state index in [1.807, 2.05) is 0 Å². The van der Waals surface area contributed by atoms with E-state index in [1.54, 1.807) is 0 Å². The Balaban J connectivity index is 2.46. The second kappa shape index (κ2) is 7.34. The van der Waals surface area contributed by atoms with E-state index in [4.69, 9.17) is 0 Å². The molecule has 2 atom stereocenters. The van der Waals surface area contributed by atoms with Crippen molar-refractivity contribution in [3.05, 3.63) is 0 Å². The van der Waals surface area contributed by atoms with Gasteiger partial charge in [0.2, 0.25) is 0 Å². The topological polar surface area (TPSA) is 18.5 Å². The van der Waals surface area contributed by atoms with Gasteiger partial charge in [-0.05, 0) is 39.4 Å². The van der Waals surface area contributed by atoms with Crippen LogP contribution < -0.4 is 5.32 Å². The third kappa shape index (κ3) is 5.36. The van der Waals surface area contributed by atoms with Gasteiger partial charge in [-0.15, -0.1) is 0 Å². The average molecular weight is 241 g/mol. The summed E-state index contributed by atoms with van der Waals surface area (Å²) in [6.45, 7) is 11.7. The van der Waals surface area contributed by atoms with E-state index in [9.17, 15) is 0 Å². The van der Waals surface area contributed by atoms with E-state index in [-0.39, 0.29) is 0 Å². The van der Waals surface area contributed by atoms with Gasteiger partial charge in [-0.25, -0.2) is 0 Å². The van der Waals surface area contributed by atoms with Gasteiger partial charge in [0, 0.05) is 31.7 Å². The number of hydrogen-bond donors (Lipinski definition) is 1. The first kappa shape index (κ1) is 14.9. The van der Waals surface area contributed by atoms with Gasteiger partial charge in [0.25, 0.3) is 0 Å². The standard InChI is InChI=1S/C14H31N3/c1-6-15-13-7-8-17(10-13)14(9-12(2)3)11-16(4)5/h12-15H,6-11H2,1-5H3. The van der Waals surface area contributed by atoms with Crippen molar-refractivity contribution in [1.82, 2.24) is 15.1 Å². The van der Waals surface area contributed by atoms with Crippen LogP contribution in [0, 0.1) is 5.92 Å². The van der Waals surface area contributed by atoms with Crippen LogP contribution in [-0.4, -0.2) is 62.2 Å². The summed E-state index contributed by atoms with van der Waals surface area (Å²) < 4.78 is 0. The summed E-state index contributed by atoms with van der Waals surface area (Å²) in [5.41, 5.74) is 0. The molecule has 2 unspecified atom stereocenters. The SMILES string of the molecule is CCNC1CCN(C(CC(C)C)CN(C)C)C1. The van der Waals surface area contributed by atoms with Gasteiger partial charge < -0.3 is 10.2 Å². The van der Waals surface area contributed by atoms with Crippen LogP contribution in [0.1, 0.15) is 33.6 Å². The van der Waals surface area contributed by atoms with Gasteiger partial charge in [0.05, 0.1) is 0 Å². The van der Waals surface area contributed by atoms with E-state index in [1.165, 1.54) is 32.5 Å². The molecular formula is C14H31N3. The highest BCUT2D eigenvalue weighted by molar-refractivity contribution is 4.86. The minimum Gasteiger partial charge on any atom is -0.313 e. The summed E-state index contributed by atoms with van der Waals surface area (Å²) in [7, 11) is 4.37. The van der Waals surface area contributed by atoms with Crippen molar-refractivity contribution in [3.8, 4) is 0 Å². The molecular weight excluding hydrogens is 210 g/mol. The highest BCUT2D eigenvalue weighted by Crippen LogP contribution is 2.18. The molecule has 3 nitrogen and oxygen atoms in total. The van der Waals surface area contributed by atoms with Gasteiger partial charge >= 0.3 is 0 Å². The van der Waals surface area contributed by atoms with Crippen molar-refractivity contribution in [1.29, 1.82) is 0 Å². The highest BCUT2D eigenvalue weighted by atomic mass is 15.2. The Labute approximate surface area is 108 Å². The molecule has 1 aliphatic heterocycles. The summed E-state index contributed by atoms with van der Waals surface area (Å²) in [6.07, 6.45) is 2.63. The lowest BCUT2D eigenvalue weighted by atomic mass is 10.0. The monoisotopic (exact) mass is 241 g/mol. The summed E-state index contributed by atoms with van der Waals surface area (Å²) in [5, 5.41) is 3.58. The maximum atomic E-state index is 3.58. The lowest BCUT2D eigenvalue weighted by molar-refractivity contribution is 0.168. The predicted octanol–water partition coefficient (Wildman–Crippen LogP) is 1.65. The Morgan fingerprint density at radius 3 is 2.59 bits per heavy atom. The first-order chi connectivity index (χ1) is 8.02. The van der Waals surface area contributed by atoms with Crippen molar-refractivity contribution in [2.45, 2.75) is 45.7 Å². The lowest BCUT2D eigenvalue weighted by Gasteiger charge is -2.31. The van der Waals surface area contributed by atoms with Gasteiger partial charge in [0.1, 0.15) is 0 Å². The number of hydrogen-bond acceptors (Lipinski definition) is 3. The minimum absolute atomic E-state index is 0.719. The Morgan fingerprint density at radius 1 is 1.35 bits per heavy atom. The third-order valence-electron chi connectivity index (χ3n) is 3.55. The zero-order valence-corrected chi connectivity index (χ0v) is 12.4. The molecule has 1 aliphatic rings. The molecule has 1 fully saturated rings. The Bertz CT molecular complexity index is 194. The molecule has 1 heterocycles. The molecule has 0 aliphatic carbocycles. The predicted molar refractivity (Wildman–Crippen MR) is 75.5 cm³/mol. The van der Waals surface area contributed by atoms with Gasteiger partial charge in [0.15, 0.2) is 0 Å². The lowest BCUT2D eigenvalue weighted by Crippen LogP contribution is -2.43. The largest absolute Gasteiger partial charge is 0.313 e. The number of likely N-dealkylation sites (N-methyl/N-ethyl adjacent to an activating group) is 2. The van der Waals surface area contributed by atoms with Crippen LogP contribution in [0.4, 0.5) is 0 Å². The summed E-state index contributed by atoms with van der Waals surface area (Å²) in [5.74, 6) is 0.790. The first-order valence-electron chi connectivity index (χ1n) is 7.15. The fourth-order valence-electron chi connectivity index (χ4n) is 2.88. The third-order valence-corrected chi connectivity index (χ3v) is 3.55. The maximum Gasteiger partial charge on any atom is 0.0226 e. The van der Waals surface area contributed by atoms with Crippen molar-refractivity contribution in [2.75, 3.05) is 40.3 Å². The Hall–Kier alpha value is -0.120. The van der Waals surface area contributed by atoms with Crippen LogP contribution in [-0.2, 0) is 0 Å². The number of rotatable bonds is 7. The second-order valence-corrected chi connectivity index (χ2v) is 6.08. The number of nitrogens with zero attached hydrogens (tertiary/aromatic N) is 2. The molecule has 0 aromatic rings. The Kier molecular flexibility index (Phi) is 6.45. The van der Waals surface area contributed by atoms with Crippen molar-refractivity contribution < 1.29 is 0 Å². The molecule has 3 heteroatoms. The van der Waals surface area contributed by atoms with Gasteiger partial charge in [-0.1, -0.05) is 20.8 Å². The molecule has 0 bridgehead atoms. The fourth-order valence-corrected chi connectivity index (χ4v) is 2.88. The van der Waals surface area contributed by atoms with Gasteiger partial charge in [-0.3, -0.25) is 4.90 Å². The van der Waals surface area contributed by atoms with Crippen LogP contribution in [0.2, 0.25) is 0 Å². The van der Waals surface area contributed by atoms with Crippen LogP contribution in [0.3, 0.4) is 0 Å². The zero-order chi connectivity index (χ0) is 12.8. The van der Waals surface area contributed by atoms with Crippen molar-refractivity contribution >= 4 is 0 Å².